The van der Waals surface area contributed by atoms with Gasteiger partial charge in [-0.15, -0.1) is 0 Å². The van der Waals surface area contributed by atoms with Gasteiger partial charge in [-0.25, -0.2) is 0 Å². The van der Waals surface area contributed by atoms with Crippen molar-refractivity contribution in [3.05, 3.63) is 52.6 Å². The quantitative estimate of drug-likeness (QED) is 0.667. The minimum absolute atomic E-state index is 0.110. The van der Waals surface area contributed by atoms with Crippen LogP contribution in [0.3, 0.4) is 0 Å². The second-order valence-electron chi connectivity index (χ2n) is 3.91. The lowest BCUT2D eigenvalue weighted by molar-refractivity contribution is -0.384. The fraction of sp³-hybridized carbons (Fsp3) is 0.143. The summed E-state index contributed by atoms with van der Waals surface area (Å²) in [5.41, 5.74) is 0.281. The van der Waals surface area contributed by atoms with Gasteiger partial charge in [-0.3, -0.25) is 10.1 Å². The van der Waals surface area contributed by atoms with Gasteiger partial charge < -0.3 is 14.8 Å². The van der Waals surface area contributed by atoms with E-state index in [2.05, 4.69) is 5.32 Å². The van der Waals surface area contributed by atoms with Crippen LogP contribution >= 0.6 is 0 Å². The highest BCUT2D eigenvalue weighted by molar-refractivity contribution is 5.69. The average molecular weight is 274 g/mol. The van der Waals surface area contributed by atoms with Crippen molar-refractivity contribution in [2.24, 2.45) is 0 Å². The first-order valence-electron chi connectivity index (χ1n) is 5.93. The number of nitro benzene ring substituents is 1. The zero-order valence-electron chi connectivity index (χ0n) is 11.1. The number of rotatable bonds is 5. The molecule has 2 aromatic rings. The van der Waals surface area contributed by atoms with Crippen LogP contribution in [0.5, 0.6) is 17.2 Å². The summed E-state index contributed by atoms with van der Waals surface area (Å²) >= 11 is 0. The molecule has 2 aromatic carbocycles. The van der Waals surface area contributed by atoms with Crippen LogP contribution in [0.15, 0.2) is 42.5 Å². The summed E-state index contributed by atoms with van der Waals surface area (Å²) in [6, 6.07) is 11.8. The van der Waals surface area contributed by atoms with E-state index in [1.54, 1.807) is 49.5 Å². The molecule has 0 saturated carbocycles. The van der Waals surface area contributed by atoms with Crippen LogP contribution in [0, 0.1) is 10.1 Å². The lowest BCUT2D eigenvalue weighted by atomic mass is 10.2. The first kappa shape index (κ1) is 13.7. The summed E-state index contributed by atoms with van der Waals surface area (Å²) in [4.78, 5) is 10.7. The van der Waals surface area contributed by atoms with Gasteiger partial charge in [0, 0.05) is 7.05 Å². The Kier molecular flexibility index (Phi) is 4.05. The molecule has 104 valence electrons. The molecule has 0 amide bonds. The van der Waals surface area contributed by atoms with Crippen molar-refractivity contribution in [1.82, 2.24) is 0 Å². The van der Waals surface area contributed by atoms with Gasteiger partial charge in [-0.1, -0.05) is 18.2 Å². The molecule has 1 N–H and O–H groups in total. The predicted octanol–water partition coefficient (Wildman–Crippen LogP) is 3.44. The van der Waals surface area contributed by atoms with E-state index < -0.39 is 4.92 Å². The van der Waals surface area contributed by atoms with Gasteiger partial charge in [-0.2, -0.15) is 0 Å². The molecule has 6 heteroatoms. The molecule has 0 atom stereocenters. The Balaban J connectivity index is 2.46. The minimum Gasteiger partial charge on any atom is -0.493 e. The maximum atomic E-state index is 11.2. The van der Waals surface area contributed by atoms with Crippen LogP contribution in [-0.2, 0) is 0 Å². The Hall–Kier alpha value is -2.76. The summed E-state index contributed by atoms with van der Waals surface area (Å²) in [5.74, 6) is 1.09. The molecule has 0 unspecified atom stereocenters. The Labute approximate surface area is 116 Å². The van der Waals surface area contributed by atoms with E-state index in [1.165, 1.54) is 7.11 Å². The van der Waals surface area contributed by atoms with Gasteiger partial charge in [0.2, 0.25) is 5.75 Å². The second-order valence-corrected chi connectivity index (χ2v) is 3.91. The molecule has 0 spiro atoms. The summed E-state index contributed by atoms with van der Waals surface area (Å²) in [6.45, 7) is 0. The van der Waals surface area contributed by atoms with E-state index in [-0.39, 0.29) is 11.4 Å². The van der Waals surface area contributed by atoms with Crippen LogP contribution in [0.25, 0.3) is 0 Å². The number of para-hydroxylation sites is 3. The van der Waals surface area contributed by atoms with Gasteiger partial charge in [0.25, 0.3) is 0 Å². The molecule has 0 aliphatic carbocycles. The molecule has 0 aliphatic heterocycles. The smallest absolute Gasteiger partial charge is 0.334 e. The van der Waals surface area contributed by atoms with Crippen LogP contribution in [0.1, 0.15) is 0 Å². The van der Waals surface area contributed by atoms with E-state index in [1.807, 2.05) is 0 Å². The monoisotopic (exact) mass is 274 g/mol. The molecular formula is C14H14N2O4. The molecule has 0 saturated heterocycles. The van der Waals surface area contributed by atoms with Gasteiger partial charge in [-0.05, 0) is 24.3 Å². The molecule has 0 heterocycles. The number of benzene rings is 2. The molecule has 0 bridgehead atoms. The number of nitrogens with zero attached hydrogens (tertiary/aromatic N) is 1. The van der Waals surface area contributed by atoms with Gasteiger partial charge in [0.1, 0.15) is 5.69 Å². The van der Waals surface area contributed by atoms with Crippen molar-refractivity contribution < 1.29 is 14.4 Å². The van der Waals surface area contributed by atoms with E-state index in [9.17, 15) is 10.1 Å². The molecule has 6 nitrogen and oxygen atoms in total. The van der Waals surface area contributed by atoms with Crippen LogP contribution in [0.2, 0.25) is 0 Å². The van der Waals surface area contributed by atoms with E-state index in [4.69, 9.17) is 9.47 Å². The Morgan fingerprint density at radius 3 is 2.30 bits per heavy atom. The number of methoxy groups -OCH3 is 1. The van der Waals surface area contributed by atoms with Crippen LogP contribution in [0.4, 0.5) is 11.4 Å². The van der Waals surface area contributed by atoms with Gasteiger partial charge in [0.05, 0.1) is 12.0 Å². The number of hydrogen-bond acceptors (Lipinski definition) is 5. The Morgan fingerprint density at radius 2 is 1.70 bits per heavy atom. The summed E-state index contributed by atoms with van der Waals surface area (Å²) in [5, 5.41) is 14.0. The number of nitrogens with one attached hydrogen (secondary N) is 1. The topological polar surface area (TPSA) is 73.6 Å². The maximum absolute atomic E-state index is 11.2. The molecule has 0 aromatic heterocycles. The highest BCUT2D eigenvalue weighted by Crippen LogP contribution is 2.39. The fourth-order valence-corrected chi connectivity index (χ4v) is 1.82. The van der Waals surface area contributed by atoms with E-state index >= 15 is 0 Å². The fourth-order valence-electron chi connectivity index (χ4n) is 1.82. The van der Waals surface area contributed by atoms with Gasteiger partial charge in [0.15, 0.2) is 11.5 Å². The number of ether oxygens (including phenoxy) is 2. The van der Waals surface area contributed by atoms with Crippen molar-refractivity contribution in [3.8, 4) is 17.2 Å². The summed E-state index contributed by atoms with van der Waals surface area (Å²) < 4.78 is 10.8. The third-order valence-electron chi connectivity index (χ3n) is 2.74. The SMILES string of the molecule is CNc1cccc(Oc2ccccc2OC)c1[N+](=O)[O-]. The number of nitro groups is 1. The summed E-state index contributed by atoms with van der Waals surface area (Å²) in [7, 11) is 3.13. The molecule has 0 radical (unpaired) electrons. The van der Waals surface area contributed by atoms with E-state index in [0.717, 1.165) is 0 Å². The highest BCUT2D eigenvalue weighted by atomic mass is 16.6. The second kappa shape index (κ2) is 5.92. The van der Waals surface area contributed by atoms with Crippen molar-refractivity contribution >= 4 is 11.4 Å². The molecule has 0 aliphatic rings. The summed E-state index contributed by atoms with van der Waals surface area (Å²) in [6.07, 6.45) is 0. The third-order valence-corrected chi connectivity index (χ3v) is 2.74. The lowest BCUT2D eigenvalue weighted by Gasteiger charge is -2.11. The van der Waals surface area contributed by atoms with Crippen LogP contribution < -0.4 is 14.8 Å². The van der Waals surface area contributed by atoms with Crippen molar-refractivity contribution in [1.29, 1.82) is 0 Å². The highest BCUT2D eigenvalue weighted by Gasteiger charge is 2.21. The van der Waals surface area contributed by atoms with Crippen molar-refractivity contribution in [2.75, 3.05) is 19.5 Å². The molecular weight excluding hydrogens is 260 g/mol. The van der Waals surface area contributed by atoms with Crippen LogP contribution in [-0.4, -0.2) is 19.1 Å². The lowest BCUT2D eigenvalue weighted by Crippen LogP contribution is -1.99. The average Bonchev–Trinajstić information content (AvgIpc) is 2.47. The van der Waals surface area contributed by atoms with E-state index in [0.29, 0.717) is 17.2 Å². The first-order valence-corrected chi connectivity index (χ1v) is 5.93. The third kappa shape index (κ3) is 2.64. The Bertz CT molecular complexity index is 628. The largest absolute Gasteiger partial charge is 0.493 e. The molecule has 2 rings (SSSR count). The zero-order valence-corrected chi connectivity index (χ0v) is 11.1. The van der Waals surface area contributed by atoms with Gasteiger partial charge >= 0.3 is 5.69 Å². The normalized spacial score (nSPS) is 9.90. The number of anilines is 1. The number of hydrogen-bond donors (Lipinski definition) is 1. The van der Waals surface area contributed by atoms with Crippen molar-refractivity contribution in [3.63, 3.8) is 0 Å². The van der Waals surface area contributed by atoms with Crippen molar-refractivity contribution in [2.45, 2.75) is 0 Å². The molecule has 0 fully saturated rings. The first-order chi connectivity index (χ1) is 9.67. The maximum Gasteiger partial charge on any atom is 0.334 e. The predicted molar refractivity (Wildman–Crippen MR) is 75.7 cm³/mol. The minimum atomic E-state index is -0.476. The zero-order chi connectivity index (χ0) is 14.5. The Morgan fingerprint density at radius 1 is 1.05 bits per heavy atom. The standard InChI is InChI=1S/C14H14N2O4/c1-15-10-6-5-9-13(14(10)16(17)18)20-12-8-4-3-7-11(12)19-2/h3-9,15H,1-2H3. The molecule has 20 heavy (non-hydrogen) atoms.